The van der Waals surface area contributed by atoms with Crippen molar-refractivity contribution < 1.29 is 19.5 Å². The van der Waals surface area contributed by atoms with Gasteiger partial charge in [-0.1, -0.05) is 36.4 Å². The SMILES string of the molecule is Nc1ccc2c3c(c(C(=O)NC4CCCN(C(=O)O)C4)sc13)C(N)C(=O)C2(N)c1ccc(-c2cccs2)cc1. The van der Waals surface area contributed by atoms with Gasteiger partial charge in [-0.3, -0.25) is 9.59 Å². The number of carboxylic acid groups (broad SMARTS) is 1. The molecule has 11 heteroatoms. The predicted molar refractivity (Wildman–Crippen MR) is 153 cm³/mol. The first kappa shape index (κ1) is 25.5. The average molecular weight is 562 g/mol. The molecular formula is C28H27N5O4S2. The van der Waals surface area contributed by atoms with E-state index in [1.807, 2.05) is 41.8 Å². The number of nitrogens with zero attached hydrogens (tertiary/aromatic N) is 1. The Kier molecular flexibility index (Phi) is 6.18. The van der Waals surface area contributed by atoms with E-state index in [1.54, 1.807) is 23.5 Å². The van der Waals surface area contributed by atoms with Gasteiger partial charge in [0.15, 0.2) is 5.78 Å². The van der Waals surface area contributed by atoms with E-state index < -0.39 is 29.4 Å². The van der Waals surface area contributed by atoms with Crippen LogP contribution in [0.1, 0.15) is 45.2 Å². The highest BCUT2D eigenvalue weighted by atomic mass is 32.1. The second kappa shape index (κ2) is 9.45. The van der Waals surface area contributed by atoms with Gasteiger partial charge in [-0.15, -0.1) is 22.7 Å². The summed E-state index contributed by atoms with van der Waals surface area (Å²) in [6, 6.07) is 13.6. The van der Waals surface area contributed by atoms with Crippen molar-refractivity contribution in [2.45, 2.75) is 30.5 Å². The lowest BCUT2D eigenvalue weighted by Gasteiger charge is -2.36. The summed E-state index contributed by atoms with van der Waals surface area (Å²) >= 11 is 2.81. The van der Waals surface area contributed by atoms with Gasteiger partial charge in [-0.25, -0.2) is 4.79 Å². The highest BCUT2D eigenvalue weighted by Crippen LogP contribution is 2.49. The number of carbonyl (C=O) groups is 3. The molecule has 0 bridgehead atoms. The Hall–Kier alpha value is -3.77. The van der Waals surface area contributed by atoms with Gasteiger partial charge in [-0.2, -0.15) is 0 Å². The summed E-state index contributed by atoms with van der Waals surface area (Å²) in [5.41, 5.74) is 21.4. The second-order valence-electron chi connectivity index (χ2n) is 10.00. The number of rotatable bonds is 4. The van der Waals surface area contributed by atoms with Gasteiger partial charge in [0.2, 0.25) is 0 Å². The second-order valence-corrected chi connectivity index (χ2v) is 12.0. The van der Waals surface area contributed by atoms with E-state index in [1.165, 1.54) is 16.2 Å². The normalized spacial score (nSPS) is 22.7. The minimum Gasteiger partial charge on any atom is -0.465 e. The summed E-state index contributed by atoms with van der Waals surface area (Å²) in [6.07, 6.45) is 0.285. The topological polar surface area (TPSA) is 165 Å². The molecule has 39 heavy (non-hydrogen) atoms. The molecule has 8 N–H and O–H groups in total. The zero-order valence-corrected chi connectivity index (χ0v) is 22.5. The number of nitrogen functional groups attached to an aromatic ring is 1. The Balaban J connectivity index is 1.42. The van der Waals surface area contributed by atoms with Gasteiger partial charge < -0.3 is 32.5 Å². The van der Waals surface area contributed by atoms with Crippen molar-refractivity contribution in [3.05, 3.63) is 75.5 Å². The number of carbonyl (C=O) groups excluding carboxylic acids is 2. The first-order valence-corrected chi connectivity index (χ1v) is 14.3. The summed E-state index contributed by atoms with van der Waals surface area (Å²) in [5, 5.41) is 15.0. The van der Waals surface area contributed by atoms with Crippen LogP contribution in [0.5, 0.6) is 0 Å². The minimum atomic E-state index is -1.52. The van der Waals surface area contributed by atoms with Crippen LogP contribution in [0, 0.1) is 0 Å². The van der Waals surface area contributed by atoms with Crippen molar-refractivity contribution in [3.8, 4) is 10.4 Å². The molecular weight excluding hydrogens is 534 g/mol. The minimum absolute atomic E-state index is 0.201. The molecule has 0 spiro atoms. The van der Waals surface area contributed by atoms with Gasteiger partial charge in [0.1, 0.15) is 5.54 Å². The Morgan fingerprint density at radius 3 is 2.59 bits per heavy atom. The molecule has 2 amide bonds. The van der Waals surface area contributed by atoms with E-state index in [-0.39, 0.29) is 12.6 Å². The van der Waals surface area contributed by atoms with Crippen molar-refractivity contribution in [2.24, 2.45) is 11.5 Å². The van der Waals surface area contributed by atoms with Gasteiger partial charge >= 0.3 is 6.09 Å². The average Bonchev–Trinajstić information content (AvgIpc) is 3.61. The smallest absolute Gasteiger partial charge is 0.407 e. The molecule has 1 aliphatic heterocycles. The fourth-order valence-corrected chi connectivity index (χ4v) is 7.64. The Morgan fingerprint density at radius 2 is 1.90 bits per heavy atom. The Labute approximate surface area is 232 Å². The molecule has 3 unspecified atom stereocenters. The third kappa shape index (κ3) is 4.00. The van der Waals surface area contributed by atoms with Crippen LogP contribution in [0.4, 0.5) is 10.5 Å². The van der Waals surface area contributed by atoms with Crippen LogP contribution in [0.15, 0.2) is 53.9 Å². The van der Waals surface area contributed by atoms with Gasteiger partial charge in [0.25, 0.3) is 5.91 Å². The standard InChI is InChI=1S/C28H27N5O4S2/c29-18-10-9-17-20-21(24(39-23(18)20)26(35)32-16-3-1-11-33(13-16)27(36)37)22(30)25(34)28(17,31)15-7-5-14(6-8-15)19-4-2-12-38-19/h2,4-10,12,16,22H,1,3,11,13,29-31H2,(H,32,35)(H,36,37). The molecule has 9 nitrogen and oxygen atoms in total. The highest BCUT2D eigenvalue weighted by molar-refractivity contribution is 7.21. The third-order valence-corrected chi connectivity index (χ3v) is 9.86. The quantitative estimate of drug-likeness (QED) is 0.236. The van der Waals surface area contributed by atoms with E-state index in [4.69, 9.17) is 17.2 Å². The molecule has 0 radical (unpaired) electrons. The number of thiophene rings is 2. The maximum atomic E-state index is 14.0. The number of likely N-dealkylation sites (tertiary alicyclic amines) is 1. The van der Waals surface area contributed by atoms with E-state index in [9.17, 15) is 19.5 Å². The fraction of sp³-hybridized carbons (Fsp3) is 0.250. The number of hydrogen-bond donors (Lipinski definition) is 5. The number of anilines is 1. The summed E-state index contributed by atoms with van der Waals surface area (Å²) in [5.74, 6) is -0.811. The van der Waals surface area contributed by atoms with Crippen LogP contribution in [-0.4, -0.2) is 46.9 Å². The Bertz CT molecular complexity index is 1620. The molecule has 1 aliphatic carbocycles. The monoisotopic (exact) mass is 561 g/mol. The summed E-state index contributed by atoms with van der Waals surface area (Å²) in [7, 11) is 0. The molecule has 2 aliphatic rings. The molecule has 6 rings (SSSR count). The lowest BCUT2D eigenvalue weighted by molar-refractivity contribution is -0.124. The molecule has 0 saturated carbocycles. The summed E-state index contributed by atoms with van der Waals surface area (Å²) in [4.78, 5) is 41.6. The summed E-state index contributed by atoms with van der Waals surface area (Å²) in [6.45, 7) is 0.634. The molecule has 4 aromatic rings. The lowest BCUT2D eigenvalue weighted by Crippen LogP contribution is -2.53. The van der Waals surface area contributed by atoms with E-state index in [0.717, 1.165) is 10.4 Å². The van der Waals surface area contributed by atoms with E-state index >= 15 is 0 Å². The fourth-order valence-electron chi connectivity index (χ4n) is 5.71. The largest absolute Gasteiger partial charge is 0.465 e. The Morgan fingerprint density at radius 1 is 1.13 bits per heavy atom. The van der Waals surface area contributed by atoms with Crippen LogP contribution >= 0.6 is 22.7 Å². The highest BCUT2D eigenvalue weighted by Gasteiger charge is 2.48. The van der Waals surface area contributed by atoms with E-state index in [0.29, 0.717) is 56.7 Å². The van der Waals surface area contributed by atoms with Crippen molar-refractivity contribution in [1.82, 2.24) is 10.2 Å². The number of nitrogens with one attached hydrogen (secondary N) is 1. The van der Waals surface area contributed by atoms with Gasteiger partial charge in [-0.05, 0) is 47.0 Å². The van der Waals surface area contributed by atoms with Crippen molar-refractivity contribution in [3.63, 3.8) is 0 Å². The number of piperidine rings is 1. The van der Waals surface area contributed by atoms with Crippen molar-refractivity contribution >= 4 is 56.2 Å². The predicted octanol–water partition coefficient (Wildman–Crippen LogP) is 3.87. The van der Waals surface area contributed by atoms with Gasteiger partial charge in [0.05, 0.1) is 15.6 Å². The molecule has 3 atom stereocenters. The first-order chi connectivity index (χ1) is 18.7. The zero-order valence-electron chi connectivity index (χ0n) is 20.8. The van der Waals surface area contributed by atoms with Crippen LogP contribution in [0.25, 0.3) is 20.5 Å². The lowest BCUT2D eigenvalue weighted by atomic mass is 9.70. The number of amides is 2. The molecule has 1 saturated heterocycles. The van der Waals surface area contributed by atoms with Crippen LogP contribution in [-0.2, 0) is 10.3 Å². The first-order valence-electron chi connectivity index (χ1n) is 12.6. The van der Waals surface area contributed by atoms with Crippen LogP contribution in [0.2, 0.25) is 0 Å². The molecule has 2 aromatic carbocycles. The summed E-state index contributed by atoms with van der Waals surface area (Å²) < 4.78 is 0.649. The third-order valence-electron chi connectivity index (χ3n) is 7.69. The number of ketones is 1. The molecule has 3 heterocycles. The van der Waals surface area contributed by atoms with Crippen molar-refractivity contribution in [1.29, 1.82) is 0 Å². The number of hydrogen-bond acceptors (Lipinski definition) is 8. The molecule has 200 valence electrons. The van der Waals surface area contributed by atoms with Gasteiger partial charge in [0, 0.05) is 40.6 Å². The van der Waals surface area contributed by atoms with Crippen molar-refractivity contribution in [2.75, 3.05) is 18.8 Å². The maximum Gasteiger partial charge on any atom is 0.407 e. The maximum absolute atomic E-state index is 14.0. The van der Waals surface area contributed by atoms with E-state index in [2.05, 4.69) is 5.32 Å². The van der Waals surface area contributed by atoms with Crippen LogP contribution in [0.3, 0.4) is 0 Å². The molecule has 2 aromatic heterocycles. The number of Topliss-reactive ketones (excluding diaryl/α,β-unsaturated/α-hetero) is 1. The number of benzene rings is 2. The van der Waals surface area contributed by atoms with Crippen LogP contribution < -0.4 is 22.5 Å². The zero-order chi connectivity index (χ0) is 27.5. The molecule has 1 fully saturated rings. The number of nitrogens with two attached hydrogens (primary N) is 3.